The first-order valence-electron chi connectivity index (χ1n) is 10.2. The van der Waals surface area contributed by atoms with Crippen LogP contribution in [0.2, 0.25) is 0 Å². The number of amides is 2. The Morgan fingerprint density at radius 2 is 1.72 bits per heavy atom. The minimum Gasteiger partial charge on any atom is -0.385 e. The van der Waals surface area contributed by atoms with Crippen LogP contribution in [0.25, 0.3) is 0 Å². The number of rotatable bonds is 9. The lowest BCUT2D eigenvalue weighted by atomic mass is 10.1. The molecule has 0 bridgehead atoms. The summed E-state index contributed by atoms with van der Waals surface area (Å²) >= 11 is 0. The molecule has 2 N–H and O–H groups in total. The third-order valence-corrected chi connectivity index (χ3v) is 5.05. The SMILES string of the molecule is COCCCNC(=O)c1ccccc1NC(=O)c1ccc(CN2CCCC2)cc1. The van der Waals surface area contributed by atoms with Crippen LogP contribution < -0.4 is 10.6 Å². The second kappa shape index (κ2) is 10.7. The van der Waals surface area contributed by atoms with E-state index in [1.807, 2.05) is 24.3 Å². The van der Waals surface area contributed by atoms with Gasteiger partial charge in [0.05, 0.1) is 11.3 Å². The summed E-state index contributed by atoms with van der Waals surface area (Å²) in [6.45, 7) is 4.33. The Bertz CT molecular complexity index is 814. The summed E-state index contributed by atoms with van der Waals surface area (Å²) in [5.74, 6) is -0.435. The summed E-state index contributed by atoms with van der Waals surface area (Å²) in [4.78, 5) is 27.5. The molecule has 0 aromatic heterocycles. The van der Waals surface area contributed by atoms with Gasteiger partial charge in [0.25, 0.3) is 11.8 Å². The van der Waals surface area contributed by atoms with Crippen molar-refractivity contribution in [1.82, 2.24) is 10.2 Å². The Hall–Kier alpha value is -2.70. The van der Waals surface area contributed by atoms with E-state index in [0.29, 0.717) is 30.0 Å². The van der Waals surface area contributed by atoms with Crippen molar-refractivity contribution in [1.29, 1.82) is 0 Å². The van der Waals surface area contributed by atoms with Gasteiger partial charge in [-0.3, -0.25) is 14.5 Å². The predicted molar refractivity (Wildman–Crippen MR) is 114 cm³/mol. The molecule has 1 aliphatic rings. The van der Waals surface area contributed by atoms with Gasteiger partial charge in [0, 0.05) is 32.4 Å². The standard InChI is InChI=1S/C23H29N3O3/c1-29-16-6-13-24-23(28)20-7-2-3-8-21(20)25-22(27)19-11-9-18(10-12-19)17-26-14-4-5-15-26/h2-3,7-12H,4-6,13-17H2,1H3,(H,24,28)(H,25,27). The molecule has 1 heterocycles. The molecule has 1 fully saturated rings. The minimum absolute atomic E-state index is 0.210. The van der Waals surface area contributed by atoms with Gasteiger partial charge >= 0.3 is 0 Å². The molecule has 0 unspecified atom stereocenters. The number of hydrogen-bond donors (Lipinski definition) is 2. The summed E-state index contributed by atoms with van der Waals surface area (Å²) in [5, 5.41) is 5.72. The van der Waals surface area contributed by atoms with Gasteiger partial charge in [0.2, 0.25) is 0 Å². The number of methoxy groups -OCH3 is 1. The first kappa shape index (κ1) is 21.0. The lowest BCUT2D eigenvalue weighted by Crippen LogP contribution is -2.26. The number of ether oxygens (including phenoxy) is 1. The topological polar surface area (TPSA) is 70.7 Å². The molecule has 2 aromatic rings. The van der Waals surface area contributed by atoms with Crippen LogP contribution in [0.15, 0.2) is 48.5 Å². The van der Waals surface area contributed by atoms with Crippen molar-refractivity contribution < 1.29 is 14.3 Å². The van der Waals surface area contributed by atoms with Crippen LogP contribution in [0.1, 0.15) is 45.5 Å². The Morgan fingerprint density at radius 1 is 1.00 bits per heavy atom. The van der Waals surface area contributed by atoms with Crippen LogP contribution in [0.5, 0.6) is 0 Å². The molecular weight excluding hydrogens is 366 g/mol. The van der Waals surface area contributed by atoms with E-state index in [4.69, 9.17) is 4.74 Å². The van der Waals surface area contributed by atoms with Crippen molar-refractivity contribution in [2.75, 3.05) is 38.7 Å². The Morgan fingerprint density at radius 3 is 2.45 bits per heavy atom. The number of hydrogen-bond acceptors (Lipinski definition) is 4. The normalized spacial score (nSPS) is 14.0. The zero-order chi connectivity index (χ0) is 20.5. The average Bonchev–Trinajstić information content (AvgIpc) is 3.25. The molecule has 2 amide bonds. The van der Waals surface area contributed by atoms with E-state index in [1.165, 1.54) is 18.4 Å². The lowest BCUT2D eigenvalue weighted by Gasteiger charge is -2.15. The van der Waals surface area contributed by atoms with E-state index in [1.54, 1.807) is 31.4 Å². The van der Waals surface area contributed by atoms with Crippen LogP contribution >= 0.6 is 0 Å². The zero-order valence-corrected chi connectivity index (χ0v) is 16.9. The van der Waals surface area contributed by atoms with Gasteiger partial charge in [-0.05, 0) is 62.2 Å². The minimum atomic E-state index is -0.225. The highest BCUT2D eigenvalue weighted by Crippen LogP contribution is 2.17. The fourth-order valence-electron chi connectivity index (χ4n) is 3.46. The smallest absolute Gasteiger partial charge is 0.255 e. The maximum absolute atomic E-state index is 12.7. The highest BCUT2D eigenvalue weighted by molar-refractivity contribution is 6.09. The second-order valence-corrected chi connectivity index (χ2v) is 7.28. The molecule has 6 nitrogen and oxygen atoms in total. The highest BCUT2D eigenvalue weighted by atomic mass is 16.5. The Kier molecular flexibility index (Phi) is 7.78. The summed E-state index contributed by atoms with van der Waals surface area (Å²) in [6, 6.07) is 14.7. The Labute approximate surface area is 172 Å². The summed E-state index contributed by atoms with van der Waals surface area (Å²) < 4.78 is 4.99. The second-order valence-electron chi connectivity index (χ2n) is 7.28. The quantitative estimate of drug-likeness (QED) is 0.639. The molecule has 154 valence electrons. The molecule has 1 aliphatic heterocycles. The van der Waals surface area contributed by atoms with Crippen molar-refractivity contribution in [2.45, 2.75) is 25.8 Å². The van der Waals surface area contributed by atoms with Crippen molar-refractivity contribution in [3.63, 3.8) is 0 Å². The number of benzene rings is 2. The van der Waals surface area contributed by atoms with Gasteiger partial charge in [-0.2, -0.15) is 0 Å². The number of carbonyl (C=O) groups is 2. The molecule has 2 aromatic carbocycles. The summed E-state index contributed by atoms with van der Waals surface area (Å²) in [5.41, 5.74) is 2.73. The highest BCUT2D eigenvalue weighted by Gasteiger charge is 2.15. The van der Waals surface area contributed by atoms with Crippen LogP contribution in [-0.4, -0.2) is 50.1 Å². The van der Waals surface area contributed by atoms with Crippen molar-refractivity contribution >= 4 is 17.5 Å². The molecule has 0 radical (unpaired) electrons. The molecule has 0 spiro atoms. The van der Waals surface area contributed by atoms with E-state index in [9.17, 15) is 9.59 Å². The van der Waals surface area contributed by atoms with Crippen LogP contribution in [0.4, 0.5) is 5.69 Å². The van der Waals surface area contributed by atoms with Gasteiger partial charge in [-0.1, -0.05) is 24.3 Å². The van der Waals surface area contributed by atoms with Crippen molar-refractivity contribution in [3.8, 4) is 0 Å². The van der Waals surface area contributed by atoms with Gasteiger partial charge < -0.3 is 15.4 Å². The summed E-state index contributed by atoms with van der Waals surface area (Å²) in [6.07, 6.45) is 3.26. The number of likely N-dealkylation sites (tertiary alicyclic amines) is 1. The van der Waals surface area contributed by atoms with E-state index in [-0.39, 0.29) is 11.8 Å². The molecule has 6 heteroatoms. The van der Waals surface area contributed by atoms with E-state index >= 15 is 0 Å². The zero-order valence-electron chi connectivity index (χ0n) is 16.9. The first-order chi connectivity index (χ1) is 14.2. The van der Waals surface area contributed by atoms with Gasteiger partial charge in [-0.15, -0.1) is 0 Å². The molecule has 0 atom stereocenters. The predicted octanol–water partition coefficient (Wildman–Crippen LogP) is 3.30. The molecule has 0 aliphatic carbocycles. The molecule has 1 saturated heterocycles. The maximum Gasteiger partial charge on any atom is 0.255 e. The molecule has 29 heavy (non-hydrogen) atoms. The largest absolute Gasteiger partial charge is 0.385 e. The monoisotopic (exact) mass is 395 g/mol. The third-order valence-electron chi connectivity index (χ3n) is 5.05. The number of nitrogens with one attached hydrogen (secondary N) is 2. The third kappa shape index (κ3) is 6.14. The fourth-order valence-corrected chi connectivity index (χ4v) is 3.46. The van der Waals surface area contributed by atoms with Crippen molar-refractivity contribution in [2.24, 2.45) is 0 Å². The lowest BCUT2D eigenvalue weighted by molar-refractivity contribution is 0.0949. The van der Waals surface area contributed by atoms with Gasteiger partial charge in [-0.25, -0.2) is 0 Å². The molecule has 0 saturated carbocycles. The molecule has 3 rings (SSSR count). The van der Waals surface area contributed by atoms with Crippen LogP contribution in [0.3, 0.4) is 0 Å². The van der Waals surface area contributed by atoms with Gasteiger partial charge in [0.15, 0.2) is 0 Å². The first-order valence-corrected chi connectivity index (χ1v) is 10.2. The Balaban J connectivity index is 1.60. The average molecular weight is 396 g/mol. The summed E-state index contributed by atoms with van der Waals surface area (Å²) in [7, 11) is 1.63. The number of carbonyl (C=O) groups excluding carboxylic acids is 2. The van der Waals surface area contributed by atoms with E-state index < -0.39 is 0 Å². The number of nitrogens with zero attached hydrogens (tertiary/aromatic N) is 1. The van der Waals surface area contributed by atoms with Crippen LogP contribution in [0, 0.1) is 0 Å². The molecular formula is C23H29N3O3. The van der Waals surface area contributed by atoms with E-state index in [2.05, 4.69) is 15.5 Å². The van der Waals surface area contributed by atoms with Crippen molar-refractivity contribution in [3.05, 3.63) is 65.2 Å². The maximum atomic E-state index is 12.7. The fraction of sp³-hybridized carbons (Fsp3) is 0.391. The van der Waals surface area contributed by atoms with Gasteiger partial charge in [0.1, 0.15) is 0 Å². The number of anilines is 1. The van der Waals surface area contributed by atoms with E-state index in [0.717, 1.165) is 26.1 Å². The number of para-hydroxylation sites is 1. The van der Waals surface area contributed by atoms with Crippen LogP contribution in [-0.2, 0) is 11.3 Å².